The molecular weight excluding hydrogens is 469 g/mol. The molecule has 0 radical (unpaired) electrons. The standard InChI is InChI=1S/C26H24FN3O4S/c1-15-6-8-19(16(2)10-15)25(31)30(26-29-20-9-7-18(27)13-23(20)35-26)28-14-17-11-21(32-3)24(34-5)22(12-17)33-4/h6-14H,1-5H3/b28-14+. The van der Waals surface area contributed by atoms with E-state index in [4.69, 9.17) is 14.2 Å². The summed E-state index contributed by atoms with van der Waals surface area (Å²) in [6.45, 7) is 3.83. The van der Waals surface area contributed by atoms with Gasteiger partial charge in [-0.05, 0) is 55.8 Å². The number of methoxy groups -OCH3 is 3. The molecule has 0 bridgehead atoms. The van der Waals surface area contributed by atoms with Crippen LogP contribution in [-0.2, 0) is 0 Å². The van der Waals surface area contributed by atoms with Gasteiger partial charge in [0.05, 0.1) is 37.8 Å². The van der Waals surface area contributed by atoms with E-state index in [1.165, 1.54) is 56.0 Å². The van der Waals surface area contributed by atoms with Crippen molar-refractivity contribution in [3.05, 3.63) is 76.6 Å². The maximum absolute atomic E-state index is 13.8. The highest BCUT2D eigenvalue weighted by Crippen LogP contribution is 2.38. The third-order valence-corrected chi connectivity index (χ3v) is 6.33. The fourth-order valence-electron chi connectivity index (χ4n) is 3.63. The van der Waals surface area contributed by atoms with Crippen molar-refractivity contribution in [2.45, 2.75) is 13.8 Å². The molecule has 35 heavy (non-hydrogen) atoms. The molecule has 0 fully saturated rings. The number of anilines is 1. The Bertz CT molecular complexity index is 1410. The van der Waals surface area contributed by atoms with Crippen LogP contribution >= 0.6 is 11.3 Å². The Balaban J connectivity index is 1.81. The predicted octanol–water partition coefficient (Wildman–Crippen LogP) is 5.76. The number of aromatic nitrogens is 1. The Morgan fingerprint density at radius 1 is 1.00 bits per heavy atom. The normalized spacial score (nSPS) is 11.1. The number of hydrogen-bond donors (Lipinski definition) is 0. The van der Waals surface area contributed by atoms with E-state index < -0.39 is 0 Å². The Hall–Kier alpha value is -3.98. The maximum atomic E-state index is 13.8. The minimum atomic E-state index is -0.374. The fourth-order valence-corrected chi connectivity index (χ4v) is 4.58. The Kier molecular flexibility index (Phi) is 6.97. The molecule has 0 N–H and O–H groups in total. The van der Waals surface area contributed by atoms with Crippen LogP contribution in [0.15, 0.2) is 53.6 Å². The van der Waals surface area contributed by atoms with Crippen LogP contribution in [0.2, 0.25) is 0 Å². The number of amides is 1. The van der Waals surface area contributed by atoms with Crippen molar-refractivity contribution in [3.63, 3.8) is 0 Å². The van der Waals surface area contributed by atoms with Crippen molar-refractivity contribution in [1.82, 2.24) is 4.98 Å². The molecule has 0 aliphatic carbocycles. The van der Waals surface area contributed by atoms with Gasteiger partial charge in [0.2, 0.25) is 10.9 Å². The first-order valence-electron chi connectivity index (χ1n) is 10.7. The summed E-state index contributed by atoms with van der Waals surface area (Å²) < 4.78 is 30.6. The zero-order valence-corrected chi connectivity index (χ0v) is 20.8. The molecular formula is C26H24FN3O4S. The lowest BCUT2D eigenvalue weighted by Gasteiger charge is -2.16. The lowest BCUT2D eigenvalue weighted by atomic mass is 10.1. The zero-order chi connectivity index (χ0) is 25.1. The molecule has 0 saturated carbocycles. The van der Waals surface area contributed by atoms with E-state index in [1.54, 1.807) is 24.3 Å². The Morgan fingerprint density at radius 3 is 2.34 bits per heavy atom. The molecule has 1 amide bonds. The fraction of sp³-hybridized carbons (Fsp3) is 0.192. The average Bonchev–Trinajstić information content (AvgIpc) is 3.25. The van der Waals surface area contributed by atoms with Gasteiger partial charge in [-0.3, -0.25) is 4.79 Å². The first kappa shape index (κ1) is 24.2. The topological polar surface area (TPSA) is 73.2 Å². The van der Waals surface area contributed by atoms with E-state index in [9.17, 15) is 9.18 Å². The van der Waals surface area contributed by atoms with Crippen LogP contribution in [0.5, 0.6) is 17.2 Å². The number of fused-ring (bicyclic) bond motifs is 1. The first-order chi connectivity index (χ1) is 16.8. The molecule has 0 saturated heterocycles. The van der Waals surface area contributed by atoms with E-state index in [2.05, 4.69) is 10.1 Å². The summed E-state index contributed by atoms with van der Waals surface area (Å²) in [5, 5.41) is 6.03. The molecule has 0 aliphatic rings. The summed E-state index contributed by atoms with van der Waals surface area (Å²) in [4.78, 5) is 18.2. The predicted molar refractivity (Wildman–Crippen MR) is 136 cm³/mol. The van der Waals surface area contributed by atoms with Crippen molar-refractivity contribution < 1.29 is 23.4 Å². The number of thiazole rings is 1. The van der Waals surface area contributed by atoms with Gasteiger partial charge in [0.1, 0.15) is 5.82 Å². The van der Waals surface area contributed by atoms with Crippen LogP contribution in [0.4, 0.5) is 9.52 Å². The van der Waals surface area contributed by atoms with Crippen LogP contribution in [0.3, 0.4) is 0 Å². The number of rotatable bonds is 7. The average molecular weight is 494 g/mol. The molecule has 0 unspecified atom stereocenters. The zero-order valence-electron chi connectivity index (χ0n) is 20.0. The molecule has 1 heterocycles. The highest BCUT2D eigenvalue weighted by molar-refractivity contribution is 7.22. The number of benzene rings is 3. The van der Waals surface area contributed by atoms with Gasteiger partial charge in [-0.1, -0.05) is 29.0 Å². The van der Waals surface area contributed by atoms with Crippen LogP contribution in [0.1, 0.15) is 27.0 Å². The quantitative estimate of drug-likeness (QED) is 0.242. The second kappa shape index (κ2) is 10.1. The SMILES string of the molecule is COc1cc(/C=N/N(C(=O)c2ccc(C)cc2C)c2nc3ccc(F)cc3s2)cc(OC)c1OC. The number of carbonyl (C=O) groups excluding carboxylic acids is 1. The highest BCUT2D eigenvalue weighted by Gasteiger charge is 2.23. The van der Waals surface area contributed by atoms with E-state index >= 15 is 0 Å². The molecule has 4 rings (SSSR count). The van der Waals surface area contributed by atoms with Gasteiger partial charge in [0.25, 0.3) is 5.91 Å². The largest absolute Gasteiger partial charge is 0.493 e. The summed E-state index contributed by atoms with van der Waals surface area (Å²) in [6.07, 6.45) is 1.51. The molecule has 180 valence electrons. The van der Waals surface area contributed by atoms with Gasteiger partial charge in [0.15, 0.2) is 11.5 Å². The Labute approximate surface area is 206 Å². The van der Waals surface area contributed by atoms with Gasteiger partial charge in [-0.15, -0.1) is 0 Å². The van der Waals surface area contributed by atoms with Gasteiger partial charge in [-0.2, -0.15) is 10.1 Å². The molecule has 1 aromatic heterocycles. The monoisotopic (exact) mass is 493 g/mol. The van der Waals surface area contributed by atoms with E-state index in [1.807, 2.05) is 26.0 Å². The number of halogens is 1. The number of nitrogens with zero attached hydrogens (tertiary/aromatic N) is 3. The first-order valence-corrected chi connectivity index (χ1v) is 11.5. The smallest absolute Gasteiger partial charge is 0.281 e. The van der Waals surface area contributed by atoms with Crippen LogP contribution in [-0.4, -0.2) is 38.4 Å². The third-order valence-electron chi connectivity index (χ3n) is 5.33. The van der Waals surface area contributed by atoms with Gasteiger partial charge in [-0.25, -0.2) is 9.37 Å². The summed E-state index contributed by atoms with van der Waals surface area (Å²) in [6, 6.07) is 13.3. The summed E-state index contributed by atoms with van der Waals surface area (Å²) in [5.74, 6) is 0.627. The lowest BCUT2D eigenvalue weighted by Crippen LogP contribution is -2.26. The van der Waals surface area contributed by atoms with Crippen molar-refractivity contribution in [1.29, 1.82) is 0 Å². The molecule has 0 atom stereocenters. The van der Waals surface area contributed by atoms with Crippen LogP contribution in [0, 0.1) is 19.7 Å². The molecule has 3 aromatic carbocycles. The van der Waals surface area contributed by atoms with Gasteiger partial charge < -0.3 is 14.2 Å². The second-order valence-electron chi connectivity index (χ2n) is 7.75. The molecule has 4 aromatic rings. The van der Waals surface area contributed by atoms with E-state index in [-0.39, 0.29) is 11.7 Å². The highest BCUT2D eigenvalue weighted by atomic mass is 32.1. The molecule has 7 nitrogen and oxygen atoms in total. The maximum Gasteiger partial charge on any atom is 0.281 e. The number of ether oxygens (including phenoxy) is 3. The van der Waals surface area contributed by atoms with E-state index in [0.29, 0.717) is 43.7 Å². The van der Waals surface area contributed by atoms with Crippen molar-refractivity contribution in [2.24, 2.45) is 5.10 Å². The minimum absolute atomic E-state index is 0.319. The summed E-state index contributed by atoms with van der Waals surface area (Å²) in [5.41, 5.74) is 3.54. The number of aryl methyl sites for hydroxylation is 2. The minimum Gasteiger partial charge on any atom is -0.493 e. The van der Waals surface area contributed by atoms with Crippen molar-refractivity contribution >= 4 is 38.8 Å². The number of carbonyl (C=O) groups is 1. The van der Waals surface area contributed by atoms with Crippen molar-refractivity contribution in [2.75, 3.05) is 26.3 Å². The number of hydrogen-bond acceptors (Lipinski definition) is 7. The molecule has 9 heteroatoms. The van der Waals surface area contributed by atoms with Crippen molar-refractivity contribution in [3.8, 4) is 17.2 Å². The number of hydrazone groups is 1. The lowest BCUT2D eigenvalue weighted by molar-refractivity contribution is 0.0987. The second-order valence-corrected chi connectivity index (χ2v) is 8.76. The van der Waals surface area contributed by atoms with Gasteiger partial charge >= 0.3 is 0 Å². The molecule has 0 aliphatic heterocycles. The van der Waals surface area contributed by atoms with Gasteiger partial charge in [0, 0.05) is 11.1 Å². The molecule has 0 spiro atoms. The summed E-state index contributed by atoms with van der Waals surface area (Å²) in [7, 11) is 4.57. The van der Waals surface area contributed by atoms with Crippen LogP contribution in [0.25, 0.3) is 10.2 Å². The Morgan fingerprint density at radius 2 is 1.71 bits per heavy atom. The summed E-state index contributed by atoms with van der Waals surface area (Å²) >= 11 is 1.18. The third kappa shape index (κ3) is 4.95. The van der Waals surface area contributed by atoms with E-state index in [0.717, 1.165) is 11.1 Å². The van der Waals surface area contributed by atoms with Crippen LogP contribution < -0.4 is 19.2 Å².